The molecule has 1 aromatic carbocycles. The number of carbonyl (C=O) groups excluding carboxylic acids is 1. The zero-order chi connectivity index (χ0) is 23.4. The minimum absolute atomic E-state index is 0. The van der Waals surface area contributed by atoms with Gasteiger partial charge >= 0.3 is 0 Å². The summed E-state index contributed by atoms with van der Waals surface area (Å²) < 4.78 is 17.2. The summed E-state index contributed by atoms with van der Waals surface area (Å²) in [6, 6.07) is 9.85. The van der Waals surface area contributed by atoms with Gasteiger partial charge < -0.3 is 16.0 Å². The fourth-order valence-electron chi connectivity index (χ4n) is 4.86. The van der Waals surface area contributed by atoms with Gasteiger partial charge in [0.25, 0.3) is 5.56 Å². The lowest BCUT2D eigenvalue weighted by molar-refractivity contribution is 0.0983. The van der Waals surface area contributed by atoms with Crippen molar-refractivity contribution in [2.75, 3.05) is 29.0 Å². The first-order valence-corrected chi connectivity index (χ1v) is 11.1. The van der Waals surface area contributed by atoms with E-state index in [4.69, 9.17) is 5.73 Å². The highest BCUT2D eigenvalue weighted by Gasteiger charge is 2.36. The van der Waals surface area contributed by atoms with E-state index in [0.717, 1.165) is 6.42 Å². The second-order valence-corrected chi connectivity index (χ2v) is 8.37. The molecular formula is C23H23FN8O2S. The number of aromatic nitrogens is 5. The smallest absolute Gasteiger partial charge is 0.285 e. The Morgan fingerprint density at radius 2 is 1.91 bits per heavy atom. The van der Waals surface area contributed by atoms with Gasteiger partial charge in [-0.25, -0.2) is 8.91 Å². The Bertz CT molecular complexity index is 1500. The number of halogens is 1. The van der Waals surface area contributed by atoms with E-state index >= 15 is 0 Å². The number of hydrogen-bond donors (Lipinski definition) is 2. The third-order valence-corrected chi connectivity index (χ3v) is 6.33. The molecule has 0 unspecified atom stereocenters. The minimum Gasteiger partial charge on any atom is -0.369 e. The van der Waals surface area contributed by atoms with Crippen molar-refractivity contribution in [1.29, 1.82) is 0 Å². The maximum Gasteiger partial charge on any atom is 0.285 e. The molecule has 6 rings (SSSR count). The topological polar surface area (TPSA) is 123 Å². The third kappa shape index (κ3) is 3.60. The van der Waals surface area contributed by atoms with Crippen LogP contribution in [0.4, 0.5) is 22.0 Å². The number of nitrogens with two attached hydrogens (primary N) is 1. The molecule has 2 aliphatic rings. The summed E-state index contributed by atoms with van der Waals surface area (Å²) in [7, 11) is 0. The normalized spacial score (nSPS) is 17.2. The van der Waals surface area contributed by atoms with Crippen molar-refractivity contribution in [3.05, 3.63) is 70.2 Å². The summed E-state index contributed by atoms with van der Waals surface area (Å²) in [5.74, 6) is 0.629. The number of nitrogens with one attached hydrogen (secondary N) is 1. The van der Waals surface area contributed by atoms with Crippen LogP contribution >= 0.6 is 13.5 Å². The monoisotopic (exact) mass is 494 g/mol. The van der Waals surface area contributed by atoms with Gasteiger partial charge in [0.2, 0.25) is 5.95 Å². The Morgan fingerprint density at radius 1 is 1.11 bits per heavy atom. The van der Waals surface area contributed by atoms with Crippen molar-refractivity contribution in [1.82, 2.24) is 24.1 Å². The van der Waals surface area contributed by atoms with Crippen molar-refractivity contribution in [2.45, 2.75) is 25.3 Å². The second kappa shape index (κ2) is 8.69. The van der Waals surface area contributed by atoms with Gasteiger partial charge in [-0.15, -0.1) is 0 Å². The van der Waals surface area contributed by atoms with Crippen LogP contribution in [0.5, 0.6) is 0 Å². The minimum atomic E-state index is -0.633. The Kier molecular flexibility index (Phi) is 5.67. The standard InChI is InChI=1S/C23H21FN8O2.H2S/c24-14-9-12-31-18(14)22(34)32(13-5-2-1-3-6-13)20(29-31)15-7-4-11-30(15)21-17-16(33)8-10-26-19(17)27-23(25)28-21;/h1-3,5-6,9,12,15H,4,7-8,10-11H2,(H3,25,26,27,28);1H2/t15-;/m0./s1. The molecule has 0 amide bonds. The van der Waals surface area contributed by atoms with Crippen LogP contribution in [0.25, 0.3) is 11.2 Å². The Labute approximate surface area is 206 Å². The van der Waals surface area contributed by atoms with E-state index in [0.29, 0.717) is 54.6 Å². The molecule has 2 aliphatic heterocycles. The summed E-state index contributed by atoms with van der Waals surface area (Å²) in [5.41, 5.74) is 6.33. The molecule has 10 nitrogen and oxygen atoms in total. The summed E-state index contributed by atoms with van der Waals surface area (Å²) >= 11 is 0. The van der Waals surface area contributed by atoms with E-state index in [1.165, 1.54) is 21.3 Å². The fourth-order valence-corrected chi connectivity index (χ4v) is 4.86. The molecule has 1 saturated heterocycles. The van der Waals surface area contributed by atoms with Crippen molar-refractivity contribution >= 4 is 42.4 Å². The first-order chi connectivity index (χ1) is 16.5. The number of ketones is 1. The van der Waals surface area contributed by atoms with Crippen LogP contribution in [-0.4, -0.2) is 43.0 Å². The molecule has 1 fully saturated rings. The van der Waals surface area contributed by atoms with Crippen LogP contribution in [-0.2, 0) is 0 Å². The molecule has 0 aliphatic carbocycles. The highest BCUT2D eigenvalue weighted by molar-refractivity contribution is 7.59. The van der Waals surface area contributed by atoms with Crippen molar-refractivity contribution in [2.24, 2.45) is 0 Å². The lowest BCUT2D eigenvalue weighted by Crippen LogP contribution is -2.35. The Balaban J connectivity index is 0.00000253. The zero-order valence-corrected chi connectivity index (χ0v) is 19.6. The number of Topliss-reactive ketones (excluding diaryl/α,β-unsaturated/α-hetero) is 1. The van der Waals surface area contributed by atoms with Gasteiger partial charge in [0.05, 0.1) is 11.7 Å². The molecule has 5 heterocycles. The van der Waals surface area contributed by atoms with Crippen molar-refractivity contribution < 1.29 is 9.18 Å². The van der Waals surface area contributed by atoms with Gasteiger partial charge in [-0.2, -0.15) is 28.6 Å². The number of nitrogen functional groups attached to an aromatic ring is 1. The molecule has 3 aromatic heterocycles. The number of fused-ring (bicyclic) bond motifs is 2. The van der Waals surface area contributed by atoms with Gasteiger partial charge in [-0.05, 0) is 31.0 Å². The van der Waals surface area contributed by atoms with E-state index in [9.17, 15) is 14.0 Å². The number of rotatable bonds is 3. The average molecular weight is 495 g/mol. The average Bonchev–Trinajstić information content (AvgIpc) is 3.46. The van der Waals surface area contributed by atoms with Crippen LogP contribution in [0, 0.1) is 5.82 Å². The summed E-state index contributed by atoms with van der Waals surface area (Å²) in [4.78, 5) is 36.9. The molecule has 0 spiro atoms. The van der Waals surface area contributed by atoms with Gasteiger partial charge in [-0.1, -0.05) is 18.2 Å². The number of para-hydroxylation sites is 1. The lowest BCUT2D eigenvalue weighted by atomic mass is 10.1. The maximum absolute atomic E-state index is 14.5. The van der Waals surface area contributed by atoms with Crippen molar-refractivity contribution in [3.8, 4) is 5.69 Å². The highest BCUT2D eigenvalue weighted by Crippen LogP contribution is 2.39. The summed E-state index contributed by atoms with van der Waals surface area (Å²) in [6.07, 6.45) is 3.21. The maximum atomic E-state index is 14.5. The van der Waals surface area contributed by atoms with Crippen LogP contribution in [0.1, 0.15) is 41.5 Å². The van der Waals surface area contributed by atoms with Gasteiger partial charge in [-0.3, -0.25) is 14.2 Å². The van der Waals surface area contributed by atoms with Gasteiger partial charge in [0.15, 0.2) is 22.9 Å². The number of carbonyl (C=O) groups is 1. The quantitative estimate of drug-likeness (QED) is 0.445. The van der Waals surface area contributed by atoms with Crippen molar-refractivity contribution in [3.63, 3.8) is 0 Å². The molecule has 3 N–H and O–H groups in total. The first-order valence-electron chi connectivity index (χ1n) is 11.1. The molecule has 0 radical (unpaired) electrons. The predicted molar refractivity (Wildman–Crippen MR) is 134 cm³/mol. The third-order valence-electron chi connectivity index (χ3n) is 6.33. The predicted octanol–water partition coefficient (Wildman–Crippen LogP) is 2.45. The van der Waals surface area contributed by atoms with E-state index in [1.807, 2.05) is 23.1 Å². The number of hydrogen-bond acceptors (Lipinski definition) is 8. The van der Waals surface area contributed by atoms with Crippen LogP contribution < -0.4 is 21.5 Å². The largest absolute Gasteiger partial charge is 0.369 e. The van der Waals surface area contributed by atoms with E-state index in [-0.39, 0.29) is 30.7 Å². The van der Waals surface area contributed by atoms with Gasteiger partial charge in [0, 0.05) is 25.7 Å². The summed E-state index contributed by atoms with van der Waals surface area (Å²) in [5, 5.41) is 7.80. The van der Waals surface area contributed by atoms with Crippen LogP contribution in [0.15, 0.2) is 47.4 Å². The molecular weight excluding hydrogens is 471 g/mol. The first kappa shape index (κ1) is 22.8. The Morgan fingerprint density at radius 3 is 2.71 bits per heavy atom. The van der Waals surface area contributed by atoms with E-state index in [2.05, 4.69) is 20.4 Å². The van der Waals surface area contributed by atoms with Gasteiger partial charge in [0.1, 0.15) is 17.2 Å². The Hall–Kier alpha value is -3.93. The molecule has 4 aromatic rings. The number of benzene rings is 1. The summed E-state index contributed by atoms with van der Waals surface area (Å²) in [6.45, 7) is 1.07. The molecule has 1 atom stereocenters. The van der Waals surface area contributed by atoms with Crippen LogP contribution in [0.2, 0.25) is 0 Å². The zero-order valence-electron chi connectivity index (χ0n) is 18.6. The highest BCUT2D eigenvalue weighted by atomic mass is 32.1. The molecule has 180 valence electrons. The van der Waals surface area contributed by atoms with E-state index in [1.54, 1.807) is 12.1 Å². The number of nitrogens with zero attached hydrogens (tertiary/aromatic N) is 6. The molecule has 0 bridgehead atoms. The SMILES string of the molecule is Nc1nc2c(c(N3CCC[C@H]3c3nn4ccc(F)c4c(=O)n3-c3ccccc3)n1)C(=O)CCN2.S. The molecule has 0 saturated carbocycles. The van der Waals surface area contributed by atoms with E-state index < -0.39 is 17.4 Å². The number of anilines is 3. The van der Waals surface area contributed by atoms with Crippen LogP contribution in [0.3, 0.4) is 0 Å². The lowest BCUT2D eigenvalue weighted by Gasteiger charge is -2.30. The fraction of sp³-hybridized carbons (Fsp3) is 0.261. The second-order valence-electron chi connectivity index (χ2n) is 8.37. The molecule has 12 heteroatoms. The molecule has 35 heavy (non-hydrogen) atoms.